The zero-order valence-electron chi connectivity index (χ0n) is 13.8. The molecule has 1 rings (SSSR count). The van der Waals surface area contributed by atoms with E-state index in [4.69, 9.17) is 9.47 Å². The van der Waals surface area contributed by atoms with E-state index in [1.807, 2.05) is 0 Å². The van der Waals surface area contributed by atoms with E-state index in [-0.39, 0.29) is 12.3 Å². The second-order valence-corrected chi connectivity index (χ2v) is 6.25. The van der Waals surface area contributed by atoms with Gasteiger partial charge in [-0.05, 0) is 19.8 Å². The lowest BCUT2D eigenvalue weighted by Crippen LogP contribution is -2.45. The highest BCUT2D eigenvalue weighted by atomic mass is 16.7. The smallest absolute Gasteiger partial charge is 0.171 e. The molecule has 0 amide bonds. The number of ether oxygens (including phenoxy) is 2. The van der Waals surface area contributed by atoms with Gasteiger partial charge in [0.25, 0.3) is 0 Å². The Labute approximate surface area is 125 Å². The van der Waals surface area contributed by atoms with Crippen molar-refractivity contribution in [2.75, 3.05) is 14.2 Å². The highest BCUT2D eigenvalue weighted by molar-refractivity contribution is 4.74. The zero-order chi connectivity index (χ0) is 14.6. The van der Waals surface area contributed by atoms with Crippen molar-refractivity contribution in [2.24, 2.45) is 0 Å². The van der Waals surface area contributed by atoms with Crippen molar-refractivity contribution >= 4 is 0 Å². The molecule has 3 heteroatoms. The second-order valence-electron chi connectivity index (χ2n) is 6.25. The Hall–Kier alpha value is -0.120. The van der Waals surface area contributed by atoms with E-state index >= 15 is 0 Å². The van der Waals surface area contributed by atoms with Crippen LogP contribution in [-0.2, 0) is 9.47 Å². The molecule has 20 heavy (non-hydrogen) atoms. The summed E-state index contributed by atoms with van der Waals surface area (Å²) >= 11 is 0. The lowest BCUT2D eigenvalue weighted by atomic mass is 9.97. The molecule has 0 aromatic carbocycles. The average molecular weight is 285 g/mol. The first-order valence-electron chi connectivity index (χ1n) is 8.59. The minimum atomic E-state index is -0.142. The summed E-state index contributed by atoms with van der Waals surface area (Å²) in [5.74, 6) is 0. The van der Waals surface area contributed by atoms with E-state index in [9.17, 15) is 0 Å². The molecule has 0 aliphatic heterocycles. The first-order valence-corrected chi connectivity index (χ1v) is 8.59. The van der Waals surface area contributed by atoms with Crippen LogP contribution in [0.2, 0.25) is 0 Å². The van der Waals surface area contributed by atoms with E-state index in [0.717, 1.165) is 0 Å². The summed E-state index contributed by atoms with van der Waals surface area (Å²) in [6, 6.07) is 0.875. The van der Waals surface area contributed by atoms with Crippen LogP contribution in [0.3, 0.4) is 0 Å². The first-order chi connectivity index (χ1) is 9.77. The largest absolute Gasteiger partial charge is 0.354 e. The van der Waals surface area contributed by atoms with Gasteiger partial charge in [-0.3, -0.25) is 0 Å². The van der Waals surface area contributed by atoms with Crippen molar-refractivity contribution in [3.63, 3.8) is 0 Å². The molecular weight excluding hydrogens is 250 g/mol. The molecule has 1 unspecified atom stereocenters. The normalized spacial score (nSPS) is 22.2. The third-order valence-corrected chi connectivity index (χ3v) is 4.48. The minimum absolute atomic E-state index is 0.142. The van der Waals surface area contributed by atoms with Crippen LogP contribution in [0.4, 0.5) is 0 Å². The maximum atomic E-state index is 5.36. The molecule has 0 spiro atoms. The first kappa shape index (κ1) is 17.9. The van der Waals surface area contributed by atoms with Gasteiger partial charge in [0, 0.05) is 20.3 Å². The number of hydrogen-bond acceptors (Lipinski definition) is 3. The van der Waals surface area contributed by atoms with E-state index in [1.165, 1.54) is 70.6 Å². The summed E-state index contributed by atoms with van der Waals surface area (Å²) in [6.45, 7) is 2.16. The molecule has 120 valence electrons. The van der Waals surface area contributed by atoms with E-state index < -0.39 is 0 Å². The second kappa shape index (κ2) is 11.5. The van der Waals surface area contributed by atoms with Crippen molar-refractivity contribution in [1.29, 1.82) is 0 Å². The third-order valence-electron chi connectivity index (χ3n) is 4.48. The van der Waals surface area contributed by atoms with Crippen LogP contribution in [0, 0.1) is 0 Å². The average Bonchev–Trinajstić information content (AvgIpc) is 2.43. The summed E-state index contributed by atoms with van der Waals surface area (Å²) in [5.41, 5.74) is 0. The van der Waals surface area contributed by atoms with Crippen LogP contribution in [0.1, 0.15) is 77.6 Å². The Morgan fingerprint density at radius 3 is 1.55 bits per heavy atom. The van der Waals surface area contributed by atoms with Crippen LogP contribution in [0.15, 0.2) is 0 Å². The lowest BCUT2D eigenvalue weighted by molar-refractivity contribution is -0.121. The fraction of sp³-hybridized carbons (Fsp3) is 1.00. The Bertz CT molecular complexity index is 207. The van der Waals surface area contributed by atoms with Crippen LogP contribution in [-0.4, -0.2) is 32.6 Å². The maximum Gasteiger partial charge on any atom is 0.171 e. The van der Waals surface area contributed by atoms with Crippen molar-refractivity contribution < 1.29 is 9.47 Å². The van der Waals surface area contributed by atoms with Crippen LogP contribution in [0.5, 0.6) is 0 Å². The van der Waals surface area contributed by atoms with Gasteiger partial charge in [-0.15, -0.1) is 0 Å². The molecule has 1 aliphatic carbocycles. The number of methoxy groups -OCH3 is 2. The Morgan fingerprint density at radius 1 is 0.750 bits per heavy atom. The van der Waals surface area contributed by atoms with Gasteiger partial charge in [0.05, 0.1) is 6.04 Å². The van der Waals surface area contributed by atoms with E-state index in [1.54, 1.807) is 14.2 Å². The van der Waals surface area contributed by atoms with Gasteiger partial charge in [-0.2, -0.15) is 0 Å². The summed E-state index contributed by atoms with van der Waals surface area (Å²) in [4.78, 5) is 0. The van der Waals surface area contributed by atoms with Gasteiger partial charge in [0.1, 0.15) is 0 Å². The Kier molecular flexibility index (Phi) is 10.3. The van der Waals surface area contributed by atoms with Crippen molar-refractivity contribution in [3.8, 4) is 0 Å². The van der Waals surface area contributed by atoms with Crippen LogP contribution >= 0.6 is 0 Å². The number of nitrogens with one attached hydrogen (secondary N) is 1. The summed E-state index contributed by atoms with van der Waals surface area (Å²) in [6.07, 6.45) is 15.1. The molecule has 0 aromatic rings. The highest BCUT2D eigenvalue weighted by Crippen LogP contribution is 2.17. The molecular formula is C17H35NO2. The van der Waals surface area contributed by atoms with Crippen LogP contribution in [0.25, 0.3) is 0 Å². The molecule has 0 heterocycles. The molecule has 1 fully saturated rings. The van der Waals surface area contributed by atoms with Gasteiger partial charge >= 0.3 is 0 Å². The monoisotopic (exact) mass is 285 g/mol. The molecule has 0 bridgehead atoms. The summed E-state index contributed by atoms with van der Waals surface area (Å²) in [5, 5.41) is 3.72. The molecule has 1 atom stereocenters. The highest BCUT2D eigenvalue weighted by Gasteiger charge is 2.19. The van der Waals surface area contributed by atoms with Crippen molar-refractivity contribution in [2.45, 2.75) is 95.9 Å². The summed E-state index contributed by atoms with van der Waals surface area (Å²) in [7, 11) is 3.43. The SMILES string of the molecule is COC(OC)C(C)NC1CCCCCCCCCCC1. The molecule has 0 saturated heterocycles. The van der Waals surface area contributed by atoms with Crippen molar-refractivity contribution in [1.82, 2.24) is 5.32 Å². The van der Waals surface area contributed by atoms with Gasteiger partial charge in [-0.25, -0.2) is 0 Å². The Balaban J connectivity index is 2.37. The third kappa shape index (κ3) is 7.61. The van der Waals surface area contributed by atoms with Crippen molar-refractivity contribution in [3.05, 3.63) is 0 Å². The standard InChI is InChI=1S/C17H35NO2/c1-15(17(19-2)20-3)18-16-13-11-9-7-5-4-6-8-10-12-14-16/h15-18H,4-14H2,1-3H3. The molecule has 0 radical (unpaired) electrons. The number of rotatable bonds is 5. The fourth-order valence-electron chi connectivity index (χ4n) is 3.28. The molecule has 0 aromatic heterocycles. The van der Waals surface area contributed by atoms with Crippen LogP contribution < -0.4 is 5.32 Å². The number of hydrogen-bond donors (Lipinski definition) is 1. The maximum absolute atomic E-state index is 5.36. The predicted molar refractivity (Wildman–Crippen MR) is 85.0 cm³/mol. The van der Waals surface area contributed by atoms with E-state index in [2.05, 4.69) is 12.2 Å². The van der Waals surface area contributed by atoms with Gasteiger partial charge in [0.15, 0.2) is 6.29 Å². The Morgan fingerprint density at radius 2 is 1.15 bits per heavy atom. The minimum Gasteiger partial charge on any atom is -0.354 e. The summed E-state index contributed by atoms with van der Waals surface area (Å²) < 4.78 is 10.7. The van der Waals surface area contributed by atoms with Gasteiger partial charge in [-0.1, -0.05) is 57.8 Å². The molecule has 1 N–H and O–H groups in total. The molecule has 1 saturated carbocycles. The molecule has 3 nitrogen and oxygen atoms in total. The lowest BCUT2D eigenvalue weighted by Gasteiger charge is -2.28. The zero-order valence-corrected chi connectivity index (χ0v) is 13.8. The fourth-order valence-corrected chi connectivity index (χ4v) is 3.28. The quantitative estimate of drug-likeness (QED) is 0.766. The topological polar surface area (TPSA) is 30.5 Å². The predicted octanol–water partition coefficient (Wildman–Crippen LogP) is 4.26. The molecule has 1 aliphatic rings. The van der Waals surface area contributed by atoms with E-state index in [0.29, 0.717) is 6.04 Å². The van der Waals surface area contributed by atoms with Gasteiger partial charge in [0.2, 0.25) is 0 Å². The van der Waals surface area contributed by atoms with Gasteiger partial charge < -0.3 is 14.8 Å².